The minimum atomic E-state index is -0.565. The summed E-state index contributed by atoms with van der Waals surface area (Å²) >= 11 is 0. The molecule has 20 heavy (non-hydrogen) atoms. The van der Waals surface area contributed by atoms with E-state index < -0.39 is 5.91 Å². The third-order valence-corrected chi connectivity index (χ3v) is 3.28. The van der Waals surface area contributed by atoms with Crippen molar-refractivity contribution in [2.45, 2.75) is 20.8 Å². The van der Waals surface area contributed by atoms with E-state index >= 15 is 0 Å². The molecule has 0 atom stereocenters. The second-order valence-corrected chi connectivity index (χ2v) is 4.92. The molecule has 0 bridgehead atoms. The van der Waals surface area contributed by atoms with Crippen LogP contribution in [0.2, 0.25) is 0 Å². The van der Waals surface area contributed by atoms with Gasteiger partial charge in [0.2, 0.25) is 0 Å². The molecule has 0 radical (unpaired) electrons. The van der Waals surface area contributed by atoms with E-state index in [0.29, 0.717) is 11.4 Å². The second-order valence-electron chi connectivity index (χ2n) is 4.92. The number of rotatable bonds is 3. The number of ether oxygens (including phenoxy) is 1. The number of nitrogens with two attached hydrogens (primary N) is 2. The summed E-state index contributed by atoms with van der Waals surface area (Å²) in [4.78, 5) is 11.3. The molecular weight excluding hydrogens is 252 g/mol. The van der Waals surface area contributed by atoms with Crippen LogP contribution >= 0.6 is 0 Å². The van der Waals surface area contributed by atoms with Crippen molar-refractivity contribution in [2.75, 3.05) is 5.73 Å². The molecule has 2 aromatic rings. The number of amides is 1. The summed E-state index contributed by atoms with van der Waals surface area (Å²) in [6.07, 6.45) is 0. The number of hydrogen-bond donors (Lipinski definition) is 2. The van der Waals surface area contributed by atoms with Gasteiger partial charge in [-0.3, -0.25) is 4.79 Å². The molecule has 4 N–H and O–H groups in total. The van der Waals surface area contributed by atoms with Crippen LogP contribution in [0.5, 0.6) is 11.5 Å². The minimum absolute atomic E-state index is 0.268. The standard InChI is InChI=1S/C16H18N2O2/c1-9-6-10(2)11(3)15(7-9)20-12-4-5-14(17)13(8-12)16(18)19/h4-8H,17H2,1-3H3,(H2,18,19). The molecule has 2 aromatic carbocycles. The molecule has 0 aliphatic rings. The summed E-state index contributed by atoms with van der Waals surface area (Å²) < 4.78 is 5.85. The smallest absolute Gasteiger partial charge is 0.250 e. The number of nitrogen functional groups attached to an aromatic ring is 1. The number of benzene rings is 2. The highest BCUT2D eigenvalue weighted by molar-refractivity contribution is 5.98. The van der Waals surface area contributed by atoms with Crippen molar-refractivity contribution >= 4 is 11.6 Å². The first-order chi connectivity index (χ1) is 9.38. The zero-order valence-electron chi connectivity index (χ0n) is 11.9. The topological polar surface area (TPSA) is 78.3 Å². The van der Waals surface area contributed by atoms with Gasteiger partial charge in [-0.1, -0.05) is 6.07 Å². The molecule has 104 valence electrons. The van der Waals surface area contributed by atoms with Crippen LogP contribution in [0.1, 0.15) is 27.0 Å². The van der Waals surface area contributed by atoms with Crippen molar-refractivity contribution in [1.82, 2.24) is 0 Å². The monoisotopic (exact) mass is 270 g/mol. The Labute approximate surface area is 118 Å². The molecule has 0 aromatic heterocycles. The maximum atomic E-state index is 11.3. The average Bonchev–Trinajstić information content (AvgIpc) is 2.37. The van der Waals surface area contributed by atoms with E-state index in [-0.39, 0.29) is 5.56 Å². The van der Waals surface area contributed by atoms with Crippen molar-refractivity contribution in [2.24, 2.45) is 5.73 Å². The maximum Gasteiger partial charge on any atom is 0.250 e. The Kier molecular flexibility index (Phi) is 3.66. The molecule has 2 rings (SSSR count). The minimum Gasteiger partial charge on any atom is -0.457 e. The Morgan fingerprint density at radius 3 is 2.45 bits per heavy atom. The largest absolute Gasteiger partial charge is 0.457 e. The summed E-state index contributed by atoms with van der Waals surface area (Å²) in [7, 11) is 0. The van der Waals surface area contributed by atoms with Crippen LogP contribution in [-0.4, -0.2) is 5.91 Å². The summed E-state index contributed by atoms with van der Waals surface area (Å²) in [5, 5.41) is 0. The third kappa shape index (κ3) is 2.74. The van der Waals surface area contributed by atoms with Crippen molar-refractivity contribution in [3.8, 4) is 11.5 Å². The van der Waals surface area contributed by atoms with Crippen molar-refractivity contribution < 1.29 is 9.53 Å². The number of carbonyl (C=O) groups excluding carboxylic acids is 1. The first-order valence-electron chi connectivity index (χ1n) is 6.33. The SMILES string of the molecule is Cc1cc(C)c(C)c(Oc2ccc(N)c(C(N)=O)c2)c1. The average molecular weight is 270 g/mol. The van der Waals surface area contributed by atoms with Gasteiger partial charge in [0, 0.05) is 5.69 Å². The predicted octanol–water partition coefficient (Wildman–Crippen LogP) is 3.09. The lowest BCUT2D eigenvalue weighted by Gasteiger charge is -2.13. The zero-order chi connectivity index (χ0) is 14.9. The number of aryl methyl sites for hydroxylation is 2. The van der Waals surface area contributed by atoms with Gasteiger partial charge in [0.15, 0.2) is 0 Å². The Bertz CT molecular complexity index is 678. The van der Waals surface area contributed by atoms with Crippen molar-refractivity contribution in [3.05, 3.63) is 52.6 Å². The number of carbonyl (C=O) groups is 1. The van der Waals surface area contributed by atoms with Crippen LogP contribution < -0.4 is 16.2 Å². The Morgan fingerprint density at radius 2 is 1.80 bits per heavy atom. The van der Waals surface area contributed by atoms with E-state index in [4.69, 9.17) is 16.2 Å². The van der Waals surface area contributed by atoms with Gasteiger partial charge in [0.05, 0.1) is 5.56 Å². The molecule has 0 spiro atoms. The molecular formula is C16H18N2O2. The van der Waals surface area contributed by atoms with Crippen LogP contribution in [0.15, 0.2) is 30.3 Å². The molecule has 0 fully saturated rings. The van der Waals surface area contributed by atoms with Gasteiger partial charge in [-0.05, 0) is 61.7 Å². The van der Waals surface area contributed by atoms with Crippen molar-refractivity contribution in [1.29, 1.82) is 0 Å². The highest BCUT2D eigenvalue weighted by Gasteiger charge is 2.10. The van der Waals surface area contributed by atoms with E-state index in [1.807, 2.05) is 26.8 Å². The van der Waals surface area contributed by atoms with E-state index in [9.17, 15) is 4.79 Å². The van der Waals surface area contributed by atoms with Gasteiger partial charge in [-0.25, -0.2) is 0 Å². The first kappa shape index (κ1) is 13.9. The van der Waals surface area contributed by atoms with Crippen LogP contribution in [0.3, 0.4) is 0 Å². The van der Waals surface area contributed by atoms with E-state index in [1.165, 1.54) is 0 Å². The lowest BCUT2D eigenvalue weighted by molar-refractivity contribution is 0.100. The molecule has 0 unspecified atom stereocenters. The van der Waals surface area contributed by atoms with Gasteiger partial charge in [0.1, 0.15) is 11.5 Å². The Balaban J connectivity index is 2.40. The van der Waals surface area contributed by atoms with Crippen LogP contribution in [0.4, 0.5) is 5.69 Å². The summed E-state index contributed by atoms with van der Waals surface area (Å²) in [5.41, 5.74) is 14.9. The zero-order valence-corrected chi connectivity index (χ0v) is 11.9. The highest BCUT2D eigenvalue weighted by Crippen LogP contribution is 2.30. The summed E-state index contributed by atoms with van der Waals surface area (Å²) in [5.74, 6) is 0.744. The number of hydrogen-bond acceptors (Lipinski definition) is 3. The molecule has 0 saturated carbocycles. The molecule has 0 heterocycles. The highest BCUT2D eigenvalue weighted by atomic mass is 16.5. The van der Waals surface area contributed by atoms with Crippen LogP contribution in [0.25, 0.3) is 0 Å². The normalized spacial score (nSPS) is 10.3. The van der Waals surface area contributed by atoms with Gasteiger partial charge in [0.25, 0.3) is 5.91 Å². The van der Waals surface area contributed by atoms with E-state index in [0.717, 1.165) is 22.4 Å². The third-order valence-electron chi connectivity index (χ3n) is 3.28. The Hall–Kier alpha value is -2.49. The molecule has 0 aliphatic carbocycles. The van der Waals surface area contributed by atoms with E-state index in [2.05, 4.69) is 6.07 Å². The summed E-state index contributed by atoms with van der Waals surface area (Å²) in [6, 6.07) is 8.96. The molecule has 1 amide bonds. The lowest BCUT2D eigenvalue weighted by Crippen LogP contribution is -2.13. The number of primary amides is 1. The summed E-state index contributed by atoms with van der Waals surface area (Å²) in [6.45, 7) is 6.04. The van der Waals surface area contributed by atoms with Crippen LogP contribution in [0, 0.1) is 20.8 Å². The van der Waals surface area contributed by atoms with Gasteiger partial charge in [-0.2, -0.15) is 0 Å². The first-order valence-corrected chi connectivity index (χ1v) is 6.33. The van der Waals surface area contributed by atoms with Gasteiger partial charge in [-0.15, -0.1) is 0 Å². The fraction of sp³-hybridized carbons (Fsp3) is 0.188. The molecule has 4 heteroatoms. The second kappa shape index (κ2) is 5.25. The fourth-order valence-electron chi connectivity index (χ4n) is 2.05. The van der Waals surface area contributed by atoms with E-state index in [1.54, 1.807) is 18.2 Å². The molecule has 0 saturated heterocycles. The quantitative estimate of drug-likeness (QED) is 0.841. The van der Waals surface area contributed by atoms with Crippen molar-refractivity contribution in [3.63, 3.8) is 0 Å². The fourth-order valence-corrected chi connectivity index (χ4v) is 2.05. The molecule has 0 aliphatic heterocycles. The molecule has 4 nitrogen and oxygen atoms in total. The predicted molar refractivity (Wildman–Crippen MR) is 80.1 cm³/mol. The maximum absolute atomic E-state index is 11.3. The number of anilines is 1. The Morgan fingerprint density at radius 1 is 1.10 bits per heavy atom. The lowest BCUT2D eigenvalue weighted by atomic mass is 10.1. The van der Waals surface area contributed by atoms with Gasteiger partial charge < -0.3 is 16.2 Å². The van der Waals surface area contributed by atoms with Gasteiger partial charge >= 0.3 is 0 Å². The van der Waals surface area contributed by atoms with Crippen LogP contribution in [-0.2, 0) is 0 Å².